The SMILES string of the molecule is CCC1(NC(=O)C2CCCCC2C(=O)O)CCC1. The first-order valence-corrected chi connectivity index (χ1v) is 7.13. The Labute approximate surface area is 108 Å². The van der Waals surface area contributed by atoms with E-state index in [-0.39, 0.29) is 17.4 Å². The quantitative estimate of drug-likeness (QED) is 0.808. The molecule has 18 heavy (non-hydrogen) atoms. The van der Waals surface area contributed by atoms with Crippen molar-refractivity contribution in [2.45, 2.75) is 63.8 Å². The highest BCUT2D eigenvalue weighted by Gasteiger charge is 2.41. The lowest BCUT2D eigenvalue weighted by molar-refractivity contribution is -0.149. The fraction of sp³-hybridized carbons (Fsp3) is 0.857. The van der Waals surface area contributed by atoms with Gasteiger partial charge in [0, 0.05) is 5.54 Å². The summed E-state index contributed by atoms with van der Waals surface area (Å²) in [5.41, 5.74) is -0.0302. The third-order valence-electron chi connectivity index (χ3n) is 4.80. The van der Waals surface area contributed by atoms with Gasteiger partial charge in [-0.2, -0.15) is 0 Å². The maximum atomic E-state index is 12.3. The molecule has 0 spiro atoms. The summed E-state index contributed by atoms with van der Waals surface area (Å²) in [4.78, 5) is 23.5. The lowest BCUT2D eigenvalue weighted by Crippen LogP contribution is -2.55. The number of carboxylic acids is 1. The number of nitrogens with one attached hydrogen (secondary N) is 1. The van der Waals surface area contributed by atoms with Crippen LogP contribution in [0.1, 0.15) is 58.3 Å². The van der Waals surface area contributed by atoms with E-state index in [9.17, 15) is 14.7 Å². The van der Waals surface area contributed by atoms with Gasteiger partial charge in [0.25, 0.3) is 0 Å². The summed E-state index contributed by atoms with van der Waals surface area (Å²) >= 11 is 0. The lowest BCUT2D eigenvalue weighted by atomic mass is 9.73. The van der Waals surface area contributed by atoms with Crippen molar-refractivity contribution in [2.75, 3.05) is 0 Å². The maximum absolute atomic E-state index is 12.3. The van der Waals surface area contributed by atoms with Gasteiger partial charge in [-0.15, -0.1) is 0 Å². The molecule has 2 rings (SSSR count). The highest BCUT2D eigenvalue weighted by atomic mass is 16.4. The Bertz CT molecular complexity index is 330. The third-order valence-corrected chi connectivity index (χ3v) is 4.80. The number of carboxylic acid groups (broad SMARTS) is 1. The van der Waals surface area contributed by atoms with E-state index in [1.807, 2.05) is 0 Å². The number of amides is 1. The van der Waals surface area contributed by atoms with Gasteiger partial charge in [-0.05, 0) is 38.5 Å². The van der Waals surface area contributed by atoms with Crippen molar-refractivity contribution in [2.24, 2.45) is 11.8 Å². The Morgan fingerprint density at radius 1 is 1.17 bits per heavy atom. The standard InChI is InChI=1S/C14H23NO3/c1-2-14(8-5-9-14)15-12(16)10-6-3-4-7-11(10)13(17)18/h10-11H,2-9H2,1H3,(H,15,16)(H,17,18). The summed E-state index contributed by atoms with van der Waals surface area (Å²) in [6.45, 7) is 2.09. The average Bonchev–Trinajstić information content (AvgIpc) is 2.33. The van der Waals surface area contributed by atoms with Crippen molar-refractivity contribution < 1.29 is 14.7 Å². The highest BCUT2D eigenvalue weighted by molar-refractivity contribution is 5.85. The van der Waals surface area contributed by atoms with Gasteiger partial charge in [0.2, 0.25) is 5.91 Å². The van der Waals surface area contributed by atoms with Crippen LogP contribution in [0.3, 0.4) is 0 Å². The number of aliphatic carboxylic acids is 1. The molecular weight excluding hydrogens is 230 g/mol. The largest absolute Gasteiger partial charge is 0.481 e. The van der Waals surface area contributed by atoms with Gasteiger partial charge in [-0.25, -0.2) is 0 Å². The van der Waals surface area contributed by atoms with Gasteiger partial charge in [-0.1, -0.05) is 19.8 Å². The van der Waals surface area contributed by atoms with Crippen molar-refractivity contribution in [1.82, 2.24) is 5.32 Å². The molecule has 2 aliphatic rings. The molecular formula is C14H23NO3. The first-order chi connectivity index (χ1) is 8.58. The molecule has 102 valence electrons. The topological polar surface area (TPSA) is 66.4 Å². The third kappa shape index (κ3) is 2.52. The van der Waals surface area contributed by atoms with Crippen LogP contribution in [0.2, 0.25) is 0 Å². The van der Waals surface area contributed by atoms with Crippen LogP contribution in [0.5, 0.6) is 0 Å². The van der Waals surface area contributed by atoms with Crippen LogP contribution in [-0.4, -0.2) is 22.5 Å². The zero-order valence-corrected chi connectivity index (χ0v) is 11.1. The van der Waals surface area contributed by atoms with E-state index in [0.717, 1.165) is 38.5 Å². The number of hydrogen-bond acceptors (Lipinski definition) is 2. The number of carbonyl (C=O) groups is 2. The minimum atomic E-state index is -0.811. The molecule has 0 aromatic rings. The molecule has 1 amide bonds. The molecule has 2 N–H and O–H groups in total. The van der Waals surface area contributed by atoms with E-state index >= 15 is 0 Å². The molecule has 0 saturated heterocycles. The van der Waals surface area contributed by atoms with E-state index in [4.69, 9.17) is 0 Å². The second kappa shape index (κ2) is 5.29. The van der Waals surface area contributed by atoms with Crippen LogP contribution in [0, 0.1) is 11.8 Å². The fourth-order valence-corrected chi connectivity index (χ4v) is 3.26. The van der Waals surface area contributed by atoms with Crippen LogP contribution >= 0.6 is 0 Å². The van der Waals surface area contributed by atoms with Crippen molar-refractivity contribution in [1.29, 1.82) is 0 Å². The summed E-state index contributed by atoms with van der Waals surface area (Å²) in [6.07, 6.45) is 7.47. The predicted molar refractivity (Wildman–Crippen MR) is 68.1 cm³/mol. The number of carbonyl (C=O) groups excluding carboxylic acids is 1. The van der Waals surface area contributed by atoms with Gasteiger partial charge in [-0.3, -0.25) is 9.59 Å². The highest BCUT2D eigenvalue weighted by Crippen LogP contribution is 2.37. The molecule has 0 bridgehead atoms. The predicted octanol–water partition coefficient (Wildman–Crippen LogP) is 2.33. The molecule has 4 nitrogen and oxygen atoms in total. The normalized spacial score (nSPS) is 30.3. The van der Waals surface area contributed by atoms with E-state index < -0.39 is 11.9 Å². The van der Waals surface area contributed by atoms with Crippen LogP contribution in [-0.2, 0) is 9.59 Å². The Morgan fingerprint density at radius 2 is 1.78 bits per heavy atom. The number of hydrogen-bond donors (Lipinski definition) is 2. The number of rotatable bonds is 4. The summed E-state index contributed by atoms with van der Waals surface area (Å²) in [6, 6.07) is 0. The smallest absolute Gasteiger partial charge is 0.307 e. The Kier molecular flexibility index (Phi) is 3.93. The Hall–Kier alpha value is -1.06. The molecule has 2 unspecified atom stereocenters. The first kappa shape index (κ1) is 13.4. The minimum Gasteiger partial charge on any atom is -0.481 e. The minimum absolute atomic E-state index is 0.0244. The molecule has 2 atom stereocenters. The van der Waals surface area contributed by atoms with Crippen molar-refractivity contribution in [3.8, 4) is 0 Å². The second-order valence-electron chi connectivity index (χ2n) is 5.81. The van der Waals surface area contributed by atoms with Crippen LogP contribution < -0.4 is 5.32 Å². The van der Waals surface area contributed by atoms with E-state index in [1.165, 1.54) is 6.42 Å². The molecule has 2 aliphatic carbocycles. The molecule has 0 radical (unpaired) electrons. The summed E-state index contributed by atoms with van der Waals surface area (Å²) in [5, 5.41) is 12.3. The lowest BCUT2D eigenvalue weighted by Gasteiger charge is -2.43. The summed E-state index contributed by atoms with van der Waals surface area (Å²) in [7, 11) is 0. The summed E-state index contributed by atoms with van der Waals surface area (Å²) in [5.74, 6) is -1.63. The molecule has 2 fully saturated rings. The van der Waals surface area contributed by atoms with E-state index in [1.54, 1.807) is 0 Å². The first-order valence-electron chi connectivity index (χ1n) is 7.13. The zero-order valence-electron chi connectivity index (χ0n) is 11.1. The summed E-state index contributed by atoms with van der Waals surface area (Å²) < 4.78 is 0. The Morgan fingerprint density at radius 3 is 2.22 bits per heavy atom. The second-order valence-corrected chi connectivity index (χ2v) is 5.81. The van der Waals surface area contributed by atoms with Crippen molar-refractivity contribution in [3.63, 3.8) is 0 Å². The molecule has 0 aromatic heterocycles. The van der Waals surface area contributed by atoms with Crippen molar-refractivity contribution in [3.05, 3.63) is 0 Å². The van der Waals surface area contributed by atoms with Gasteiger partial charge in [0.1, 0.15) is 0 Å². The van der Waals surface area contributed by atoms with Crippen molar-refractivity contribution >= 4 is 11.9 Å². The maximum Gasteiger partial charge on any atom is 0.307 e. The van der Waals surface area contributed by atoms with Crippen LogP contribution in [0.25, 0.3) is 0 Å². The van der Waals surface area contributed by atoms with Gasteiger partial charge < -0.3 is 10.4 Å². The molecule has 0 aliphatic heterocycles. The molecule has 4 heteroatoms. The van der Waals surface area contributed by atoms with Gasteiger partial charge in [0.05, 0.1) is 11.8 Å². The average molecular weight is 253 g/mol. The van der Waals surface area contributed by atoms with Crippen LogP contribution in [0.15, 0.2) is 0 Å². The van der Waals surface area contributed by atoms with E-state index in [2.05, 4.69) is 12.2 Å². The Balaban J connectivity index is 2.00. The molecule has 0 aromatic carbocycles. The van der Waals surface area contributed by atoms with Crippen LogP contribution in [0.4, 0.5) is 0 Å². The van der Waals surface area contributed by atoms with Gasteiger partial charge in [0.15, 0.2) is 0 Å². The molecule has 0 heterocycles. The molecule has 2 saturated carbocycles. The fourth-order valence-electron chi connectivity index (χ4n) is 3.26. The van der Waals surface area contributed by atoms with E-state index in [0.29, 0.717) is 6.42 Å². The van der Waals surface area contributed by atoms with Gasteiger partial charge >= 0.3 is 5.97 Å². The zero-order chi connectivity index (χ0) is 13.2. The monoisotopic (exact) mass is 253 g/mol.